The molecule has 118 valence electrons. The summed E-state index contributed by atoms with van der Waals surface area (Å²) in [4.78, 5) is 0. The molecule has 0 heterocycles. The molecule has 0 aliphatic heterocycles. The molecule has 0 saturated heterocycles. The van der Waals surface area contributed by atoms with Crippen LogP contribution in [0.1, 0.15) is 58.8 Å². The van der Waals surface area contributed by atoms with Gasteiger partial charge in [-0.15, -0.1) is 11.6 Å². The summed E-state index contributed by atoms with van der Waals surface area (Å²) in [7, 11) is 1.64. The van der Waals surface area contributed by atoms with Crippen molar-refractivity contribution >= 4 is 11.6 Å². The molecule has 20 heavy (non-hydrogen) atoms. The monoisotopic (exact) mass is 304 g/mol. The molecule has 3 heteroatoms. The largest absolute Gasteiger partial charge is 0.380 e. The molecule has 2 aliphatic rings. The summed E-state index contributed by atoms with van der Waals surface area (Å²) in [6, 6.07) is 0. The average molecular weight is 305 g/mol. The lowest BCUT2D eigenvalue weighted by Crippen LogP contribution is -2.45. The van der Waals surface area contributed by atoms with E-state index in [1.165, 1.54) is 32.1 Å². The van der Waals surface area contributed by atoms with E-state index < -0.39 is 11.5 Å². The van der Waals surface area contributed by atoms with Crippen molar-refractivity contribution in [3.8, 4) is 0 Å². The molecule has 0 radical (unpaired) electrons. The highest BCUT2D eigenvalue weighted by Gasteiger charge is 2.42. The first-order valence-electron chi connectivity index (χ1n) is 8.33. The van der Waals surface area contributed by atoms with Gasteiger partial charge >= 0.3 is 0 Å². The Hall–Kier alpha value is 0.180. The van der Waals surface area contributed by atoms with Crippen molar-refractivity contribution in [3.05, 3.63) is 0 Å². The van der Waals surface area contributed by atoms with Gasteiger partial charge in [-0.2, -0.15) is 0 Å². The second-order valence-electron chi connectivity index (χ2n) is 7.24. The maximum absolute atomic E-state index is 14.5. The number of alkyl halides is 2. The first-order chi connectivity index (χ1) is 9.52. The van der Waals surface area contributed by atoms with Gasteiger partial charge in [-0.1, -0.05) is 46.0 Å². The summed E-state index contributed by atoms with van der Waals surface area (Å²) in [5, 5.41) is -0.465. The van der Waals surface area contributed by atoms with E-state index in [1.54, 1.807) is 7.11 Å². The fourth-order valence-corrected chi connectivity index (χ4v) is 4.53. The van der Waals surface area contributed by atoms with Crippen molar-refractivity contribution in [1.82, 2.24) is 0 Å². The summed E-state index contributed by atoms with van der Waals surface area (Å²) >= 11 is 6.23. The van der Waals surface area contributed by atoms with E-state index >= 15 is 0 Å². The van der Waals surface area contributed by atoms with Crippen LogP contribution in [0.15, 0.2) is 0 Å². The number of rotatable bonds is 4. The third-order valence-corrected chi connectivity index (χ3v) is 6.27. The van der Waals surface area contributed by atoms with Crippen molar-refractivity contribution in [2.45, 2.75) is 76.4 Å². The Bertz CT molecular complexity index is 291. The summed E-state index contributed by atoms with van der Waals surface area (Å²) in [6.07, 6.45) is 7.44. The van der Waals surface area contributed by atoms with Crippen LogP contribution in [0.5, 0.6) is 0 Å². The van der Waals surface area contributed by atoms with Crippen molar-refractivity contribution in [2.75, 3.05) is 7.11 Å². The molecule has 2 fully saturated rings. The minimum absolute atomic E-state index is 0.117. The van der Waals surface area contributed by atoms with Gasteiger partial charge in [-0.3, -0.25) is 0 Å². The van der Waals surface area contributed by atoms with Crippen molar-refractivity contribution < 1.29 is 9.13 Å². The van der Waals surface area contributed by atoms with Gasteiger partial charge in [0, 0.05) is 7.11 Å². The van der Waals surface area contributed by atoms with Crippen molar-refractivity contribution in [2.24, 2.45) is 23.7 Å². The predicted octanol–water partition coefficient (Wildman–Crippen LogP) is 5.21. The molecule has 0 aromatic heterocycles. The SMILES string of the molecule is COC1CC(C)C(CCC2CCC(C)CC2)C(F)C1Cl. The molecule has 0 spiro atoms. The van der Waals surface area contributed by atoms with Crippen LogP contribution in [0, 0.1) is 23.7 Å². The van der Waals surface area contributed by atoms with E-state index in [2.05, 4.69) is 13.8 Å². The summed E-state index contributed by atoms with van der Waals surface area (Å²) < 4.78 is 19.9. The second-order valence-corrected chi connectivity index (χ2v) is 7.75. The highest BCUT2D eigenvalue weighted by molar-refractivity contribution is 6.21. The Labute approximate surface area is 128 Å². The van der Waals surface area contributed by atoms with Gasteiger partial charge in [0.15, 0.2) is 0 Å². The second kappa shape index (κ2) is 7.45. The van der Waals surface area contributed by atoms with Crippen LogP contribution in [0.4, 0.5) is 4.39 Å². The van der Waals surface area contributed by atoms with Crippen LogP contribution in [0.25, 0.3) is 0 Å². The van der Waals surface area contributed by atoms with Crippen LogP contribution in [-0.2, 0) is 4.74 Å². The minimum Gasteiger partial charge on any atom is -0.380 e. The van der Waals surface area contributed by atoms with Crippen LogP contribution in [-0.4, -0.2) is 24.8 Å². The quantitative estimate of drug-likeness (QED) is 0.648. The number of hydrogen-bond donors (Lipinski definition) is 0. The van der Waals surface area contributed by atoms with E-state index in [9.17, 15) is 4.39 Å². The van der Waals surface area contributed by atoms with Gasteiger partial charge < -0.3 is 4.74 Å². The van der Waals surface area contributed by atoms with Gasteiger partial charge in [0.1, 0.15) is 6.17 Å². The molecule has 2 aliphatic carbocycles. The lowest BCUT2D eigenvalue weighted by Gasteiger charge is -2.40. The van der Waals surface area contributed by atoms with Crippen LogP contribution < -0.4 is 0 Å². The van der Waals surface area contributed by atoms with Gasteiger partial charge in [0.2, 0.25) is 0 Å². The minimum atomic E-state index is -0.909. The molecule has 0 amide bonds. The predicted molar refractivity (Wildman–Crippen MR) is 83.0 cm³/mol. The summed E-state index contributed by atoms with van der Waals surface area (Å²) in [5.41, 5.74) is 0. The van der Waals surface area contributed by atoms with Gasteiger partial charge in [0.25, 0.3) is 0 Å². The molecule has 0 N–H and O–H groups in total. The normalized spacial score (nSPS) is 46.4. The standard InChI is InChI=1S/C17H30ClFO/c1-11-4-6-13(7-5-11)8-9-14-12(2)10-15(20-3)16(18)17(14)19/h11-17H,4-10H2,1-3H3. The lowest BCUT2D eigenvalue weighted by molar-refractivity contribution is -0.0110. The van der Waals surface area contributed by atoms with E-state index in [-0.39, 0.29) is 12.0 Å². The van der Waals surface area contributed by atoms with E-state index in [0.29, 0.717) is 5.92 Å². The topological polar surface area (TPSA) is 9.23 Å². The third kappa shape index (κ3) is 3.88. The van der Waals surface area contributed by atoms with Crippen LogP contribution in [0.3, 0.4) is 0 Å². The van der Waals surface area contributed by atoms with Crippen molar-refractivity contribution in [1.29, 1.82) is 0 Å². The number of hydrogen-bond acceptors (Lipinski definition) is 1. The molecule has 5 unspecified atom stereocenters. The zero-order valence-corrected chi connectivity index (χ0v) is 13.9. The molecule has 2 rings (SSSR count). The van der Waals surface area contributed by atoms with E-state index in [1.807, 2.05) is 0 Å². The third-order valence-electron chi connectivity index (χ3n) is 5.75. The lowest BCUT2D eigenvalue weighted by atomic mass is 9.72. The number of ether oxygens (including phenoxy) is 1. The molecule has 2 saturated carbocycles. The van der Waals surface area contributed by atoms with E-state index in [4.69, 9.17) is 16.3 Å². The maximum Gasteiger partial charge on any atom is 0.122 e. The highest BCUT2D eigenvalue weighted by Crippen LogP contribution is 2.41. The summed E-state index contributed by atoms with van der Waals surface area (Å²) in [6.45, 7) is 4.51. The Morgan fingerprint density at radius 3 is 2.35 bits per heavy atom. The number of halogens is 2. The fourth-order valence-electron chi connectivity index (χ4n) is 4.14. The van der Waals surface area contributed by atoms with Crippen LogP contribution >= 0.6 is 11.6 Å². The maximum atomic E-state index is 14.5. The Morgan fingerprint density at radius 2 is 1.75 bits per heavy atom. The van der Waals surface area contributed by atoms with Gasteiger partial charge in [0.05, 0.1) is 11.5 Å². The molecule has 0 aromatic carbocycles. The summed E-state index contributed by atoms with van der Waals surface area (Å²) in [5.74, 6) is 2.22. The van der Waals surface area contributed by atoms with E-state index in [0.717, 1.165) is 24.7 Å². The van der Waals surface area contributed by atoms with Gasteiger partial charge in [-0.25, -0.2) is 4.39 Å². The molecular weight excluding hydrogens is 275 g/mol. The molecule has 0 aromatic rings. The molecule has 0 bridgehead atoms. The Balaban J connectivity index is 1.82. The Kier molecular flexibility index (Phi) is 6.16. The molecule has 5 atom stereocenters. The zero-order valence-electron chi connectivity index (χ0n) is 13.2. The van der Waals surface area contributed by atoms with Crippen molar-refractivity contribution in [3.63, 3.8) is 0 Å². The van der Waals surface area contributed by atoms with Crippen LogP contribution in [0.2, 0.25) is 0 Å². The smallest absolute Gasteiger partial charge is 0.122 e. The first kappa shape index (κ1) is 16.5. The zero-order chi connectivity index (χ0) is 14.7. The molecule has 1 nitrogen and oxygen atoms in total. The first-order valence-corrected chi connectivity index (χ1v) is 8.77. The number of methoxy groups -OCH3 is 1. The Morgan fingerprint density at radius 1 is 1.10 bits per heavy atom. The molecular formula is C17H30ClFO. The fraction of sp³-hybridized carbons (Fsp3) is 1.00. The average Bonchev–Trinajstić information content (AvgIpc) is 2.44. The highest BCUT2D eigenvalue weighted by atomic mass is 35.5. The van der Waals surface area contributed by atoms with Gasteiger partial charge in [-0.05, 0) is 36.5 Å².